The molecule has 0 atom stereocenters. The van der Waals surface area contributed by atoms with Crippen molar-refractivity contribution in [3.8, 4) is 45.8 Å². The third-order valence-electron chi connectivity index (χ3n) is 14.1. The summed E-state index contributed by atoms with van der Waals surface area (Å²) >= 11 is 0. The summed E-state index contributed by atoms with van der Waals surface area (Å²) in [4.78, 5) is 4.54. The molecule has 0 aliphatic heterocycles. The highest BCUT2D eigenvalue weighted by atomic mass is 15.1. The van der Waals surface area contributed by atoms with Crippen molar-refractivity contribution >= 4 is 77.7 Å². The van der Waals surface area contributed by atoms with Crippen LogP contribution in [0.5, 0.6) is 0 Å². The van der Waals surface area contributed by atoms with Crippen molar-refractivity contribution in [2.24, 2.45) is 0 Å². The quantitative estimate of drug-likeness (QED) is 0.137. The first-order valence-corrected chi connectivity index (χ1v) is 24.7. The molecule has 13 aromatic rings. The average Bonchev–Trinajstić information content (AvgIpc) is 3.99. The Kier molecular flexibility index (Phi) is 10.8. The van der Waals surface area contributed by atoms with Crippen LogP contribution < -0.4 is 9.80 Å². The number of rotatable bonds is 10. The van der Waals surface area contributed by atoms with Gasteiger partial charge in [-0.25, -0.2) is 0 Å². The predicted octanol–water partition coefficient (Wildman–Crippen LogP) is 17.9. The van der Waals surface area contributed by atoms with E-state index in [1.54, 1.807) is 0 Å². The normalized spacial score (nSPS) is 11.2. The molecule has 0 unspecified atom stereocenters. The summed E-state index contributed by atoms with van der Waals surface area (Å²) in [5, 5.41) is 24.1. The molecule has 0 fully saturated rings. The highest BCUT2D eigenvalue weighted by Gasteiger charge is 2.20. The average molecular weight is 945 g/mol. The van der Waals surface area contributed by atoms with Gasteiger partial charge in [0.1, 0.15) is 0 Å². The van der Waals surface area contributed by atoms with Gasteiger partial charge in [-0.2, -0.15) is 10.5 Å². The molecule has 0 bridgehead atoms. The summed E-state index contributed by atoms with van der Waals surface area (Å²) < 4.78 is 4.66. The lowest BCUT2D eigenvalue weighted by atomic mass is 9.98. The molecule has 2 aromatic heterocycles. The molecule has 0 spiro atoms. The zero-order valence-corrected chi connectivity index (χ0v) is 40.1. The van der Waals surface area contributed by atoms with Crippen LogP contribution in [0, 0.1) is 22.7 Å². The van der Waals surface area contributed by atoms with Crippen molar-refractivity contribution in [1.82, 2.24) is 9.13 Å². The monoisotopic (exact) mass is 944 g/mol. The molecule has 346 valence electrons. The number of para-hydroxylation sites is 4. The van der Waals surface area contributed by atoms with E-state index in [1.807, 2.05) is 48.5 Å². The number of aromatic nitrogens is 2. The van der Waals surface area contributed by atoms with Crippen LogP contribution in [-0.4, -0.2) is 9.13 Å². The van der Waals surface area contributed by atoms with E-state index in [2.05, 4.69) is 249 Å². The number of hydrogen-bond acceptors (Lipinski definition) is 4. The van der Waals surface area contributed by atoms with Gasteiger partial charge in [-0.3, -0.25) is 0 Å². The van der Waals surface area contributed by atoms with Crippen molar-refractivity contribution in [1.29, 1.82) is 10.5 Å². The van der Waals surface area contributed by atoms with Crippen molar-refractivity contribution < 1.29 is 0 Å². The van der Waals surface area contributed by atoms with Gasteiger partial charge in [0.25, 0.3) is 0 Å². The Morgan fingerprint density at radius 3 is 1.11 bits per heavy atom. The topological polar surface area (TPSA) is 63.9 Å². The molecular weight excluding hydrogens is 901 g/mol. The molecule has 0 saturated heterocycles. The van der Waals surface area contributed by atoms with Gasteiger partial charge >= 0.3 is 0 Å². The van der Waals surface area contributed by atoms with E-state index >= 15 is 0 Å². The van der Waals surface area contributed by atoms with E-state index in [0.717, 1.165) is 101 Å². The summed E-state index contributed by atoms with van der Waals surface area (Å²) in [7, 11) is 0. The molecule has 0 aliphatic carbocycles. The summed E-state index contributed by atoms with van der Waals surface area (Å²) in [5.41, 5.74) is 18.3. The molecule has 6 nitrogen and oxygen atoms in total. The standard InChI is InChI=1S/C68H44N6/c69-45-47-25-31-55(32-26-47)71(59-37-39-67-63(43-59)61-21-7-9-23-65(61)73(67)53-16-3-1-4-17-53)57-35-29-49(30-36-57)50-13-11-14-51(41-50)52-15-12-20-58(42-52)72(56-33-27-48(46-70)28-34-56)60-38-40-68-64(44-60)62-22-8-10-24-66(62)74(68)54-18-5-2-6-19-54/h1-44H. The van der Waals surface area contributed by atoms with Crippen molar-refractivity contribution in [2.75, 3.05) is 9.80 Å². The van der Waals surface area contributed by atoms with Crippen LogP contribution >= 0.6 is 0 Å². The summed E-state index contributed by atoms with van der Waals surface area (Å²) in [5.74, 6) is 0. The van der Waals surface area contributed by atoms with Gasteiger partial charge < -0.3 is 18.9 Å². The number of nitrogens with zero attached hydrogens (tertiary/aromatic N) is 6. The van der Waals surface area contributed by atoms with Crippen LogP contribution in [0.15, 0.2) is 267 Å². The number of hydrogen-bond donors (Lipinski definition) is 0. The summed E-state index contributed by atoms with van der Waals surface area (Å²) in [6.07, 6.45) is 0. The fourth-order valence-corrected chi connectivity index (χ4v) is 10.7. The van der Waals surface area contributed by atoms with Crippen molar-refractivity contribution in [3.05, 3.63) is 278 Å². The van der Waals surface area contributed by atoms with Gasteiger partial charge in [0.05, 0.1) is 45.3 Å². The maximum absolute atomic E-state index is 9.75. The van der Waals surface area contributed by atoms with E-state index in [9.17, 15) is 10.5 Å². The van der Waals surface area contributed by atoms with Crippen molar-refractivity contribution in [2.45, 2.75) is 0 Å². The Balaban J connectivity index is 0.865. The zero-order chi connectivity index (χ0) is 49.5. The van der Waals surface area contributed by atoms with Crippen LogP contribution in [0.4, 0.5) is 34.1 Å². The Labute approximate surface area is 428 Å². The summed E-state index contributed by atoms with van der Waals surface area (Å²) in [6.45, 7) is 0. The second kappa shape index (κ2) is 18.4. The van der Waals surface area contributed by atoms with Crippen LogP contribution in [0.3, 0.4) is 0 Å². The fraction of sp³-hybridized carbons (Fsp3) is 0. The molecule has 0 amide bonds. The Hall–Kier alpha value is -10.4. The van der Waals surface area contributed by atoms with Gasteiger partial charge in [-0.05, 0) is 174 Å². The fourth-order valence-electron chi connectivity index (χ4n) is 10.7. The number of benzene rings is 11. The maximum atomic E-state index is 9.75. The number of nitriles is 2. The second-order valence-corrected chi connectivity index (χ2v) is 18.4. The summed E-state index contributed by atoms with van der Waals surface area (Å²) in [6, 6.07) is 98.0. The van der Waals surface area contributed by atoms with E-state index in [0.29, 0.717) is 11.1 Å². The Bertz CT molecular complexity index is 4310. The van der Waals surface area contributed by atoms with Crippen LogP contribution in [-0.2, 0) is 0 Å². The molecule has 6 heteroatoms. The second-order valence-electron chi connectivity index (χ2n) is 18.4. The zero-order valence-electron chi connectivity index (χ0n) is 40.1. The molecule has 0 saturated carbocycles. The largest absolute Gasteiger partial charge is 0.310 e. The van der Waals surface area contributed by atoms with E-state index in [1.165, 1.54) is 10.8 Å². The van der Waals surface area contributed by atoms with Crippen LogP contribution in [0.25, 0.3) is 77.2 Å². The predicted molar refractivity (Wildman–Crippen MR) is 305 cm³/mol. The Morgan fingerprint density at radius 1 is 0.257 bits per heavy atom. The molecule has 13 rings (SSSR count). The first-order valence-electron chi connectivity index (χ1n) is 24.7. The van der Waals surface area contributed by atoms with Gasteiger partial charge in [-0.15, -0.1) is 0 Å². The highest BCUT2D eigenvalue weighted by Crippen LogP contribution is 2.43. The highest BCUT2D eigenvalue weighted by molar-refractivity contribution is 6.12. The molecule has 0 N–H and O–H groups in total. The smallest absolute Gasteiger partial charge is 0.0991 e. The molecule has 74 heavy (non-hydrogen) atoms. The maximum Gasteiger partial charge on any atom is 0.0991 e. The molecular formula is C68H44N6. The third-order valence-corrected chi connectivity index (χ3v) is 14.1. The van der Waals surface area contributed by atoms with Gasteiger partial charge in [0.15, 0.2) is 0 Å². The van der Waals surface area contributed by atoms with Crippen molar-refractivity contribution in [3.63, 3.8) is 0 Å². The molecule has 0 aliphatic rings. The Morgan fingerprint density at radius 2 is 0.622 bits per heavy atom. The number of anilines is 6. The van der Waals surface area contributed by atoms with Crippen LogP contribution in [0.1, 0.15) is 11.1 Å². The van der Waals surface area contributed by atoms with Crippen LogP contribution in [0.2, 0.25) is 0 Å². The minimum Gasteiger partial charge on any atom is -0.310 e. The van der Waals surface area contributed by atoms with E-state index < -0.39 is 0 Å². The molecule has 0 radical (unpaired) electrons. The molecule has 2 heterocycles. The van der Waals surface area contributed by atoms with Gasteiger partial charge in [0, 0.05) is 67.0 Å². The SMILES string of the molecule is N#Cc1ccc(N(c2ccc(-c3cccc(-c4cccc(N(c5ccc(C#N)cc5)c5ccc6c(c5)c5ccccc5n6-c5ccccc5)c4)c3)cc2)c2ccc3c(c2)c2ccccc2n3-c2ccccc2)cc1. The van der Waals surface area contributed by atoms with Gasteiger partial charge in [0.2, 0.25) is 0 Å². The lowest BCUT2D eigenvalue weighted by Crippen LogP contribution is -2.10. The van der Waals surface area contributed by atoms with E-state index in [-0.39, 0.29) is 0 Å². The third kappa shape index (κ3) is 7.68. The minimum atomic E-state index is 0.612. The lowest BCUT2D eigenvalue weighted by molar-refractivity contribution is 1.18. The van der Waals surface area contributed by atoms with E-state index in [4.69, 9.17) is 0 Å². The van der Waals surface area contributed by atoms with Gasteiger partial charge in [-0.1, -0.05) is 115 Å². The minimum absolute atomic E-state index is 0.612. The number of fused-ring (bicyclic) bond motifs is 6. The molecule has 11 aromatic carbocycles. The lowest BCUT2D eigenvalue weighted by Gasteiger charge is -2.26. The first kappa shape index (κ1) is 43.6. The first-order chi connectivity index (χ1) is 36.6.